The molecule has 0 radical (unpaired) electrons. The van der Waals surface area contributed by atoms with E-state index in [1.807, 2.05) is 38.4 Å². The quantitative estimate of drug-likeness (QED) is 0.336. The van der Waals surface area contributed by atoms with E-state index in [-0.39, 0.29) is 17.9 Å². The summed E-state index contributed by atoms with van der Waals surface area (Å²) < 4.78 is 5.73. The van der Waals surface area contributed by atoms with Crippen LogP contribution < -0.4 is 26.8 Å². The Bertz CT molecular complexity index is 810. The van der Waals surface area contributed by atoms with Crippen molar-refractivity contribution in [2.75, 3.05) is 33.8 Å². The molecule has 0 aromatic heterocycles. The molecular weight excluding hydrogens is 442 g/mol. The van der Waals surface area contributed by atoms with Crippen LogP contribution in [0.3, 0.4) is 0 Å². The lowest BCUT2D eigenvalue weighted by molar-refractivity contribution is -0.130. The lowest BCUT2D eigenvalue weighted by atomic mass is 9.79. The van der Waals surface area contributed by atoms with Gasteiger partial charge in [0.25, 0.3) is 0 Å². The molecule has 1 aromatic carbocycles. The van der Waals surface area contributed by atoms with Crippen LogP contribution in [0.5, 0.6) is 5.75 Å². The Morgan fingerprint density at radius 2 is 1.77 bits per heavy atom. The molecule has 2 amide bonds. The van der Waals surface area contributed by atoms with Gasteiger partial charge in [0.2, 0.25) is 11.8 Å². The molecule has 0 saturated heterocycles. The number of hydrogen-bond acceptors (Lipinski definition) is 6. The van der Waals surface area contributed by atoms with Crippen molar-refractivity contribution in [2.45, 2.75) is 75.9 Å². The van der Waals surface area contributed by atoms with Crippen molar-refractivity contribution in [1.29, 1.82) is 0 Å². The first-order chi connectivity index (χ1) is 16.9. The number of ether oxygens (including phenoxy) is 1. The first kappa shape index (κ1) is 27.4. The molecule has 0 unspecified atom stereocenters. The zero-order chi connectivity index (χ0) is 25.2. The van der Waals surface area contributed by atoms with Gasteiger partial charge in [0, 0.05) is 12.0 Å². The van der Waals surface area contributed by atoms with Crippen LogP contribution in [-0.2, 0) is 9.59 Å². The second-order valence-corrected chi connectivity index (χ2v) is 10.6. The van der Waals surface area contributed by atoms with E-state index in [1.165, 1.54) is 0 Å². The van der Waals surface area contributed by atoms with Gasteiger partial charge in [-0.1, -0.05) is 31.0 Å². The van der Waals surface area contributed by atoms with E-state index in [1.54, 1.807) is 0 Å². The minimum Gasteiger partial charge on any atom is -0.493 e. The highest BCUT2D eigenvalue weighted by Crippen LogP contribution is 2.32. The van der Waals surface area contributed by atoms with Gasteiger partial charge in [-0.3, -0.25) is 9.59 Å². The van der Waals surface area contributed by atoms with Gasteiger partial charge in [0.05, 0.1) is 18.7 Å². The number of benzene rings is 1. The SMILES string of the molecule is CN(C)CCCC[C@H](NC(=O)[C@@H](N)CC1CCC(CN)CC1)C(=O)N[C@@H]1CCOc2ccccc21. The third kappa shape index (κ3) is 8.47. The number of fused-ring (bicyclic) bond motifs is 1. The minimum atomic E-state index is -0.602. The molecule has 1 heterocycles. The fourth-order valence-electron chi connectivity index (χ4n) is 5.26. The average Bonchev–Trinajstić information content (AvgIpc) is 2.86. The number of nitrogens with zero attached hydrogens (tertiary/aromatic N) is 1. The molecule has 3 atom stereocenters. The predicted octanol–water partition coefficient (Wildman–Crippen LogP) is 2.33. The number of hydrogen-bond donors (Lipinski definition) is 4. The van der Waals surface area contributed by atoms with Crippen LogP contribution in [0.4, 0.5) is 0 Å². The molecule has 1 aromatic rings. The summed E-state index contributed by atoms with van der Waals surface area (Å²) in [6, 6.07) is 6.47. The number of nitrogens with one attached hydrogen (secondary N) is 2. The Hall–Kier alpha value is -2.16. The van der Waals surface area contributed by atoms with Crippen LogP contribution in [0, 0.1) is 11.8 Å². The van der Waals surface area contributed by atoms with E-state index >= 15 is 0 Å². The Kier molecular flexibility index (Phi) is 10.8. The number of nitrogens with two attached hydrogens (primary N) is 2. The standard InChI is InChI=1S/C27H45N5O3/c1-32(2)15-6-5-8-24(27(34)30-23-14-16-35-25-9-4-3-7-21(23)25)31-26(33)22(29)17-19-10-12-20(18-28)13-11-19/h3-4,7,9,19-20,22-24H,5-6,8,10-18,28-29H2,1-2H3,(H,30,34)(H,31,33)/t19?,20?,22-,23+,24-/m0/s1. The summed E-state index contributed by atoms with van der Waals surface area (Å²) in [6.07, 6.45) is 8.12. The molecule has 0 spiro atoms. The monoisotopic (exact) mass is 487 g/mol. The third-order valence-corrected chi connectivity index (χ3v) is 7.48. The third-order valence-electron chi connectivity index (χ3n) is 7.48. The molecule has 6 N–H and O–H groups in total. The van der Waals surface area contributed by atoms with Gasteiger partial charge in [-0.15, -0.1) is 0 Å². The number of rotatable bonds is 12. The van der Waals surface area contributed by atoms with Gasteiger partial charge in [0.1, 0.15) is 11.8 Å². The molecular formula is C27H45N5O3. The van der Waals surface area contributed by atoms with E-state index in [9.17, 15) is 9.59 Å². The first-order valence-electron chi connectivity index (χ1n) is 13.3. The largest absolute Gasteiger partial charge is 0.493 e. The molecule has 35 heavy (non-hydrogen) atoms. The summed E-state index contributed by atoms with van der Waals surface area (Å²) in [6.45, 7) is 2.24. The van der Waals surface area contributed by atoms with Crippen LogP contribution in [0.1, 0.15) is 69.4 Å². The second-order valence-electron chi connectivity index (χ2n) is 10.6. The smallest absolute Gasteiger partial charge is 0.243 e. The molecule has 2 aliphatic rings. The minimum absolute atomic E-state index is 0.125. The number of carbonyl (C=O) groups excluding carboxylic acids is 2. The highest BCUT2D eigenvalue weighted by Gasteiger charge is 2.30. The lowest BCUT2D eigenvalue weighted by Crippen LogP contribution is -2.52. The van der Waals surface area contributed by atoms with Gasteiger partial charge in [-0.2, -0.15) is 0 Å². The highest BCUT2D eigenvalue weighted by atomic mass is 16.5. The number of unbranched alkanes of at least 4 members (excludes halogenated alkanes) is 1. The molecule has 1 fully saturated rings. The van der Waals surface area contributed by atoms with E-state index < -0.39 is 12.1 Å². The van der Waals surface area contributed by atoms with E-state index in [4.69, 9.17) is 16.2 Å². The summed E-state index contributed by atoms with van der Waals surface area (Å²) in [7, 11) is 4.07. The first-order valence-corrected chi connectivity index (χ1v) is 13.3. The maximum atomic E-state index is 13.3. The van der Waals surface area contributed by atoms with Crippen LogP contribution in [-0.4, -0.2) is 62.6 Å². The zero-order valence-electron chi connectivity index (χ0n) is 21.5. The summed E-state index contributed by atoms with van der Waals surface area (Å²) in [5.74, 6) is 1.47. The Labute approximate surface area is 210 Å². The van der Waals surface area contributed by atoms with E-state index in [0.29, 0.717) is 37.7 Å². The second kappa shape index (κ2) is 13.8. The van der Waals surface area contributed by atoms with E-state index in [2.05, 4.69) is 15.5 Å². The van der Waals surface area contributed by atoms with Crippen LogP contribution in [0.2, 0.25) is 0 Å². The van der Waals surface area contributed by atoms with Gasteiger partial charge in [0.15, 0.2) is 0 Å². The summed E-state index contributed by atoms with van der Waals surface area (Å²) in [4.78, 5) is 28.5. The van der Waals surface area contributed by atoms with Crippen LogP contribution >= 0.6 is 0 Å². The normalized spacial score (nSPS) is 23.6. The summed E-state index contributed by atoms with van der Waals surface area (Å²) >= 11 is 0. The molecule has 8 nitrogen and oxygen atoms in total. The Balaban J connectivity index is 1.58. The van der Waals surface area contributed by atoms with Crippen molar-refractivity contribution < 1.29 is 14.3 Å². The van der Waals surface area contributed by atoms with Gasteiger partial charge >= 0.3 is 0 Å². The number of para-hydroxylation sites is 1. The zero-order valence-corrected chi connectivity index (χ0v) is 21.5. The Morgan fingerprint density at radius 1 is 1.06 bits per heavy atom. The number of amides is 2. The lowest BCUT2D eigenvalue weighted by Gasteiger charge is -2.30. The van der Waals surface area contributed by atoms with Crippen LogP contribution in [0.25, 0.3) is 0 Å². The Morgan fingerprint density at radius 3 is 2.49 bits per heavy atom. The maximum Gasteiger partial charge on any atom is 0.243 e. The molecule has 1 aliphatic carbocycles. The van der Waals surface area contributed by atoms with Crippen molar-refractivity contribution in [3.8, 4) is 5.75 Å². The van der Waals surface area contributed by atoms with Crippen LogP contribution in [0.15, 0.2) is 24.3 Å². The molecule has 3 rings (SSSR count). The summed E-state index contributed by atoms with van der Waals surface area (Å²) in [5, 5.41) is 6.15. The van der Waals surface area contributed by atoms with Gasteiger partial charge < -0.3 is 31.7 Å². The van der Waals surface area contributed by atoms with Crippen molar-refractivity contribution in [1.82, 2.24) is 15.5 Å². The predicted molar refractivity (Wildman–Crippen MR) is 139 cm³/mol. The average molecular weight is 488 g/mol. The highest BCUT2D eigenvalue weighted by molar-refractivity contribution is 5.89. The number of carbonyl (C=O) groups is 2. The van der Waals surface area contributed by atoms with Crippen molar-refractivity contribution in [3.63, 3.8) is 0 Å². The maximum absolute atomic E-state index is 13.3. The molecule has 8 heteroatoms. The fraction of sp³-hybridized carbons (Fsp3) is 0.704. The molecule has 196 valence electrons. The molecule has 1 aliphatic heterocycles. The molecule has 0 bridgehead atoms. The topological polar surface area (TPSA) is 123 Å². The van der Waals surface area contributed by atoms with Gasteiger partial charge in [-0.05, 0) is 83.6 Å². The fourth-order valence-corrected chi connectivity index (χ4v) is 5.26. The van der Waals surface area contributed by atoms with Gasteiger partial charge in [-0.25, -0.2) is 0 Å². The molecule has 1 saturated carbocycles. The van der Waals surface area contributed by atoms with Crippen molar-refractivity contribution in [3.05, 3.63) is 29.8 Å². The summed E-state index contributed by atoms with van der Waals surface area (Å²) in [5.41, 5.74) is 13.1. The van der Waals surface area contributed by atoms with Crippen molar-refractivity contribution in [2.24, 2.45) is 23.3 Å². The van der Waals surface area contributed by atoms with E-state index in [0.717, 1.165) is 62.9 Å². The van der Waals surface area contributed by atoms with Crippen molar-refractivity contribution >= 4 is 11.8 Å².